The number of fused-ring (bicyclic) bond motifs is 2. The average molecular weight is 372 g/mol. The SMILES string of the molecule is CC1(C)C[C@@H]2C[C@@](C)(CN2C(=O)Nc2ccccc2CN2CCOCC2)C1. The number of carbonyl (C=O) groups excluding carboxylic acids is 1. The van der Waals surface area contributed by atoms with Gasteiger partial charge in [-0.3, -0.25) is 4.90 Å². The van der Waals surface area contributed by atoms with E-state index >= 15 is 0 Å². The van der Waals surface area contributed by atoms with Gasteiger partial charge in [0.2, 0.25) is 0 Å². The number of nitrogens with one attached hydrogen (secondary N) is 1. The van der Waals surface area contributed by atoms with Gasteiger partial charge in [-0.05, 0) is 41.7 Å². The lowest BCUT2D eigenvalue weighted by Crippen LogP contribution is -2.40. The molecule has 2 amide bonds. The quantitative estimate of drug-likeness (QED) is 0.875. The Morgan fingerprint density at radius 1 is 1.19 bits per heavy atom. The molecule has 2 bridgehead atoms. The number of nitrogens with zero attached hydrogens (tertiary/aromatic N) is 2. The summed E-state index contributed by atoms with van der Waals surface area (Å²) in [6, 6.07) is 8.64. The van der Waals surface area contributed by atoms with Crippen molar-refractivity contribution in [1.29, 1.82) is 0 Å². The number of ether oxygens (including phenoxy) is 1. The molecule has 0 spiro atoms. The van der Waals surface area contributed by atoms with Crippen molar-refractivity contribution in [3.05, 3.63) is 29.8 Å². The third-order valence-electron chi connectivity index (χ3n) is 6.43. The summed E-state index contributed by atoms with van der Waals surface area (Å²) in [6.45, 7) is 12.2. The molecule has 0 aromatic heterocycles. The maximum absolute atomic E-state index is 13.1. The standard InChI is InChI=1S/C22H33N3O2/c1-21(2)12-18-13-22(3,15-21)16-25(18)20(26)23-19-7-5-4-6-17(19)14-24-8-10-27-11-9-24/h4-7,18H,8-16H2,1-3H3,(H,23,26)/t18-,22-/m1/s1. The zero-order valence-corrected chi connectivity index (χ0v) is 17.0. The normalized spacial score (nSPS) is 30.3. The summed E-state index contributed by atoms with van der Waals surface area (Å²) < 4.78 is 5.45. The van der Waals surface area contributed by atoms with Crippen LogP contribution in [0.1, 0.15) is 45.6 Å². The molecule has 0 unspecified atom stereocenters. The summed E-state index contributed by atoms with van der Waals surface area (Å²) in [4.78, 5) is 17.6. The van der Waals surface area contributed by atoms with Gasteiger partial charge in [-0.15, -0.1) is 0 Å². The van der Waals surface area contributed by atoms with E-state index in [-0.39, 0.29) is 11.4 Å². The second kappa shape index (κ2) is 7.10. The van der Waals surface area contributed by atoms with Gasteiger partial charge in [-0.25, -0.2) is 4.79 Å². The Kier molecular flexibility index (Phi) is 4.93. The number of amides is 2. The third-order valence-corrected chi connectivity index (χ3v) is 6.43. The molecule has 2 aliphatic heterocycles. The molecule has 3 aliphatic rings. The van der Waals surface area contributed by atoms with E-state index in [0.29, 0.717) is 11.5 Å². The minimum atomic E-state index is 0.0656. The Bertz CT molecular complexity index is 699. The molecule has 1 aliphatic carbocycles. The molecule has 2 heterocycles. The van der Waals surface area contributed by atoms with Crippen LogP contribution in [-0.4, -0.2) is 54.7 Å². The minimum Gasteiger partial charge on any atom is -0.379 e. The van der Waals surface area contributed by atoms with Crippen molar-refractivity contribution < 1.29 is 9.53 Å². The Morgan fingerprint density at radius 3 is 2.70 bits per heavy atom. The smallest absolute Gasteiger partial charge is 0.322 e. The van der Waals surface area contributed by atoms with E-state index in [9.17, 15) is 4.79 Å². The van der Waals surface area contributed by atoms with E-state index in [1.165, 1.54) is 12.0 Å². The summed E-state index contributed by atoms with van der Waals surface area (Å²) in [6.07, 6.45) is 3.44. The average Bonchev–Trinajstić information content (AvgIpc) is 2.86. The van der Waals surface area contributed by atoms with Gasteiger partial charge >= 0.3 is 6.03 Å². The first-order valence-electron chi connectivity index (χ1n) is 10.3. The van der Waals surface area contributed by atoms with Crippen molar-refractivity contribution in [3.63, 3.8) is 0 Å². The number of benzene rings is 1. The van der Waals surface area contributed by atoms with Crippen molar-refractivity contribution in [1.82, 2.24) is 9.80 Å². The lowest BCUT2D eigenvalue weighted by atomic mass is 9.65. The van der Waals surface area contributed by atoms with E-state index in [1.54, 1.807) is 0 Å². The Labute approximate surface area is 163 Å². The number of para-hydroxylation sites is 1. The predicted molar refractivity (Wildman–Crippen MR) is 108 cm³/mol. The second-order valence-electron chi connectivity index (χ2n) is 9.82. The van der Waals surface area contributed by atoms with Crippen molar-refractivity contribution in [2.24, 2.45) is 10.8 Å². The highest BCUT2D eigenvalue weighted by Crippen LogP contribution is 2.52. The summed E-state index contributed by atoms with van der Waals surface area (Å²) >= 11 is 0. The Balaban J connectivity index is 1.46. The fraction of sp³-hybridized carbons (Fsp3) is 0.682. The summed E-state index contributed by atoms with van der Waals surface area (Å²) in [5, 5.41) is 3.23. The zero-order valence-electron chi connectivity index (χ0n) is 17.0. The molecule has 1 aromatic carbocycles. The van der Waals surface area contributed by atoms with Crippen LogP contribution in [0.15, 0.2) is 24.3 Å². The van der Waals surface area contributed by atoms with E-state index in [4.69, 9.17) is 4.74 Å². The Morgan fingerprint density at radius 2 is 1.93 bits per heavy atom. The fourth-order valence-electron chi connectivity index (χ4n) is 5.66. The van der Waals surface area contributed by atoms with Crippen LogP contribution in [-0.2, 0) is 11.3 Å². The monoisotopic (exact) mass is 371 g/mol. The molecule has 27 heavy (non-hydrogen) atoms. The Hall–Kier alpha value is -1.59. The van der Waals surface area contributed by atoms with Crippen LogP contribution in [0, 0.1) is 10.8 Å². The van der Waals surface area contributed by atoms with E-state index in [2.05, 4.69) is 48.0 Å². The van der Waals surface area contributed by atoms with E-state index in [0.717, 1.165) is 57.9 Å². The molecule has 4 rings (SSSR count). The van der Waals surface area contributed by atoms with Crippen LogP contribution < -0.4 is 5.32 Å². The number of hydrogen-bond donors (Lipinski definition) is 1. The first-order valence-corrected chi connectivity index (χ1v) is 10.3. The van der Waals surface area contributed by atoms with Crippen LogP contribution in [0.2, 0.25) is 0 Å². The number of likely N-dealkylation sites (tertiary alicyclic amines) is 1. The van der Waals surface area contributed by atoms with Gasteiger partial charge in [0, 0.05) is 37.9 Å². The number of carbonyl (C=O) groups is 1. The van der Waals surface area contributed by atoms with Crippen LogP contribution in [0.3, 0.4) is 0 Å². The second-order valence-corrected chi connectivity index (χ2v) is 9.82. The largest absolute Gasteiger partial charge is 0.379 e. The molecule has 3 fully saturated rings. The van der Waals surface area contributed by atoms with Crippen molar-refractivity contribution in [2.75, 3.05) is 38.2 Å². The molecule has 1 N–H and O–H groups in total. The molecule has 2 atom stereocenters. The summed E-state index contributed by atoms with van der Waals surface area (Å²) in [5.41, 5.74) is 2.71. The van der Waals surface area contributed by atoms with Crippen LogP contribution >= 0.6 is 0 Å². The van der Waals surface area contributed by atoms with Gasteiger partial charge in [-0.1, -0.05) is 39.0 Å². The lowest BCUT2D eigenvalue weighted by molar-refractivity contribution is 0.0342. The van der Waals surface area contributed by atoms with Gasteiger partial charge in [-0.2, -0.15) is 0 Å². The summed E-state index contributed by atoms with van der Waals surface area (Å²) in [7, 11) is 0. The summed E-state index contributed by atoms with van der Waals surface area (Å²) in [5.74, 6) is 0. The third kappa shape index (κ3) is 4.14. The number of hydrogen-bond acceptors (Lipinski definition) is 3. The fourth-order valence-corrected chi connectivity index (χ4v) is 5.66. The van der Waals surface area contributed by atoms with Gasteiger partial charge in [0.1, 0.15) is 0 Å². The van der Waals surface area contributed by atoms with Crippen LogP contribution in [0.4, 0.5) is 10.5 Å². The molecule has 148 valence electrons. The van der Waals surface area contributed by atoms with Gasteiger partial charge in [0.05, 0.1) is 13.2 Å². The van der Waals surface area contributed by atoms with Crippen molar-refractivity contribution in [3.8, 4) is 0 Å². The number of urea groups is 1. The molecule has 1 aromatic rings. The van der Waals surface area contributed by atoms with Gasteiger partial charge in [0.25, 0.3) is 0 Å². The number of anilines is 1. The van der Waals surface area contributed by atoms with E-state index < -0.39 is 0 Å². The van der Waals surface area contributed by atoms with Gasteiger partial charge < -0.3 is 15.0 Å². The van der Waals surface area contributed by atoms with Crippen molar-refractivity contribution in [2.45, 2.75) is 52.6 Å². The van der Waals surface area contributed by atoms with Crippen LogP contribution in [0.5, 0.6) is 0 Å². The molecule has 1 saturated carbocycles. The maximum atomic E-state index is 13.1. The molecule has 5 heteroatoms. The maximum Gasteiger partial charge on any atom is 0.322 e. The first-order chi connectivity index (χ1) is 12.8. The molecule has 5 nitrogen and oxygen atoms in total. The highest BCUT2D eigenvalue weighted by molar-refractivity contribution is 5.90. The van der Waals surface area contributed by atoms with Gasteiger partial charge in [0.15, 0.2) is 0 Å². The molecule has 2 saturated heterocycles. The minimum absolute atomic E-state index is 0.0656. The number of rotatable bonds is 3. The molecular formula is C22H33N3O2. The van der Waals surface area contributed by atoms with E-state index in [1.807, 2.05) is 12.1 Å². The number of morpholine rings is 1. The molecule has 0 radical (unpaired) electrons. The lowest BCUT2D eigenvalue weighted by Gasteiger charge is -2.39. The zero-order chi connectivity index (χ0) is 19.1. The van der Waals surface area contributed by atoms with Crippen LogP contribution in [0.25, 0.3) is 0 Å². The first kappa shape index (κ1) is 18.8. The van der Waals surface area contributed by atoms with Crippen molar-refractivity contribution >= 4 is 11.7 Å². The topological polar surface area (TPSA) is 44.8 Å². The highest BCUT2D eigenvalue weighted by Gasteiger charge is 2.51. The molecular weight excluding hydrogens is 338 g/mol. The predicted octanol–water partition coefficient (Wildman–Crippen LogP) is 3.95. The highest BCUT2D eigenvalue weighted by atomic mass is 16.5.